The molecule has 0 bridgehead atoms. The lowest BCUT2D eigenvalue weighted by atomic mass is 10.2. The number of nitrogens with zero attached hydrogens (tertiary/aromatic N) is 1. The number of nitro groups is 1. The minimum absolute atomic E-state index is 0.0259. The molecular weight excluding hydrogens is 252 g/mol. The molecule has 1 aromatic carbocycles. The summed E-state index contributed by atoms with van der Waals surface area (Å²) in [6, 6.07) is 4.47. The van der Waals surface area contributed by atoms with E-state index in [1.54, 1.807) is 6.07 Å². The third-order valence-corrected chi connectivity index (χ3v) is 2.55. The van der Waals surface area contributed by atoms with Crippen molar-refractivity contribution >= 4 is 11.4 Å². The third kappa shape index (κ3) is 4.72. The molecule has 1 aromatic rings. The number of nitrogens with one attached hydrogen (secondary N) is 1. The van der Waals surface area contributed by atoms with Gasteiger partial charge in [0.1, 0.15) is 11.4 Å². The molecule has 0 spiro atoms. The van der Waals surface area contributed by atoms with E-state index in [4.69, 9.17) is 9.47 Å². The van der Waals surface area contributed by atoms with Gasteiger partial charge in [-0.15, -0.1) is 0 Å². The number of benzene rings is 1. The summed E-state index contributed by atoms with van der Waals surface area (Å²) in [5.41, 5.74) is 0.344. The zero-order valence-electron chi connectivity index (χ0n) is 11.0. The molecule has 106 valence electrons. The second-order valence-corrected chi connectivity index (χ2v) is 3.96. The van der Waals surface area contributed by atoms with Crippen molar-refractivity contribution in [1.29, 1.82) is 0 Å². The van der Waals surface area contributed by atoms with Gasteiger partial charge in [-0.2, -0.15) is 0 Å². The molecule has 7 heteroatoms. The topological polar surface area (TPSA) is 93.9 Å². The van der Waals surface area contributed by atoms with Gasteiger partial charge in [-0.05, 0) is 12.5 Å². The first-order chi connectivity index (χ1) is 9.08. The van der Waals surface area contributed by atoms with Gasteiger partial charge in [0.15, 0.2) is 0 Å². The zero-order valence-corrected chi connectivity index (χ0v) is 11.0. The van der Waals surface area contributed by atoms with Crippen molar-refractivity contribution in [3.05, 3.63) is 28.3 Å². The van der Waals surface area contributed by atoms with Crippen LogP contribution in [0, 0.1) is 10.1 Å². The van der Waals surface area contributed by atoms with Crippen molar-refractivity contribution in [3.63, 3.8) is 0 Å². The number of hydrogen-bond acceptors (Lipinski definition) is 6. The van der Waals surface area contributed by atoms with E-state index in [9.17, 15) is 15.2 Å². The van der Waals surface area contributed by atoms with Crippen LogP contribution in [0.1, 0.15) is 6.42 Å². The Morgan fingerprint density at radius 1 is 1.47 bits per heavy atom. The van der Waals surface area contributed by atoms with E-state index in [0.29, 0.717) is 24.4 Å². The van der Waals surface area contributed by atoms with Crippen LogP contribution in [0.5, 0.6) is 5.75 Å². The molecule has 19 heavy (non-hydrogen) atoms. The lowest BCUT2D eigenvalue weighted by Crippen LogP contribution is -2.18. The lowest BCUT2D eigenvalue weighted by molar-refractivity contribution is -0.384. The summed E-state index contributed by atoms with van der Waals surface area (Å²) in [6.45, 7) is 0.639. The van der Waals surface area contributed by atoms with E-state index in [1.165, 1.54) is 26.4 Å². The first-order valence-electron chi connectivity index (χ1n) is 5.81. The van der Waals surface area contributed by atoms with Crippen LogP contribution in [0.4, 0.5) is 11.4 Å². The standard InChI is InChI=1S/C12H18N2O5/c1-18-8-9(15)5-6-13-11-7-10(19-2)3-4-12(11)14(16)17/h3-4,7,9,13,15H,5-6,8H2,1-2H3. The number of anilines is 1. The number of nitro benzene ring substituents is 1. The summed E-state index contributed by atoms with van der Waals surface area (Å²) in [7, 11) is 3.00. The van der Waals surface area contributed by atoms with Crippen molar-refractivity contribution < 1.29 is 19.5 Å². The Hall–Kier alpha value is -1.86. The van der Waals surface area contributed by atoms with Gasteiger partial charge >= 0.3 is 0 Å². The molecule has 0 aliphatic carbocycles. The second-order valence-electron chi connectivity index (χ2n) is 3.96. The summed E-state index contributed by atoms with van der Waals surface area (Å²) in [6.07, 6.45) is -0.162. The van der Waals surface area contributed by atoms with Crippen LogP contribution in [-0.4, -0.2) is 43.5 Å². The molecule has 0 aromatic heterocycles. The highest BCUT2D eigenvalue weighted by Gasteiger charge is 2.14. The van der Waals surface area contributed by atoms with E-state index in [2.05, 4.69) is 5.32 Å². The first-order valence-corrected chi connectivity index (χ1v) is 5.81. The number of aliphatic hydroxyl groups excluding tert-OH is 1. The zero-order chi connectivity index (χ0) is 14.3. The molecule has 0 radical (unpaired) electrons. The first kappa shape index (κ1) is 15.2. The predicted molar refractivity (Wildman–Crippen MR) is 70.6 cm³/mol. The van der Waals surface area contributed by atoms with E-state index in [1.807, 2.05) is 0 Å². The summed E-state index contributed by atoms with van der Waals surface area (Å²) >= 11 is 0. The summed E-state index contributed by atoms with van der Waals surface area (Å²) in [4.78, 5) is 10.4. The number of aliphatic hydroxyl groups is 1. The number of hydrogen-bond donors (Lipinski definition) is 2. The summed E-state index contributed by atoms with van der Waals surface area (Å²) in [5, 5.41) is 23.3. The molecule has 0 saturated carbocycles. The summed E-state index contributed by atoms with van der Waals surface area (Å²) in [5.74, 6) is 0.533. The average Bonchev–Trinajstić information content (AvgIpc) is 2.38. The normalized spacial score (nSPS) is 11.9. The fraction of sp³-hybridized carbons (Fsp3) is 0.500. The summed E-state index contributed by atoms with van der Waals surface area (Å²) < 4.78 is 9.82. The average molecular weight is 270 g/mol. The van der Waals surface area contributed by atoms with Crippen LogP contribution in [0.15, 0.2) is 18.2 Å². The molecule has 7 nitrogen and oxygen atoms in total. The minimum atomic E-state index is -0.595. The molecule has 0 saturated heterocycles. The van der Waals surface area contributed by atoms with Gasteiger partial charge in [0.05, 0.1) is 24.7 Å². The van der Waals surface area contributed by atoms with E-state index in [0.717, 1.165) is 0 Å². The Balaban J connectivity index is 2.67. The maximum absolute atomic E-state index is 10.9. The molecule has 1 rings (SSSR count). The predicted octanol–water partition coefficient (Wildman–Crippen LogP) is 1.41. The Morgan fingerprint density at radius 3 is 2.79 bits per heavy atom. The van der Waals surface area contributed by atoms with Crippen LogP contribution < -0.4 is 10.1 Å². The second kappa shape index (κ2) is 7.55. The number of rotatable bonds is 8. The maximum Gasteiger partial charge on any atom is 0.292 e. The molecular formula is C12H18N2O5. The van der Waals surface area contributed by atoms with Crippen molar-refractivity contribution in [2.24, 2.45) is 0 Å². The van der Waals surface area contributed by atoms with Gasteiger partial charge in [-0.3, -0.25) is 10.1 Å². The monoisotopic (exact) mass is 270 g/mol. The van der Waals surface area contributed by atoms with Gasteiger partial charge in [-0.25, -0.2) is 0 Å². The van der Waals surface area contributed by atoms with Gasteiger partial charge < -0.3 is 19.9 Å². The minimum Gasteiger partial charge on any atom is -0.497 e. The highest BCUT2D eigenvalue weighted by atomic mass is 16.6. The highest BCUT2D eigenvalue weighted by molar-refractivity contribution is 5.64. The van der Waals surface area contributed by atoms with Crippen LogP contribution in [0.2, 0.25) is 0 Å². The third-order valence-electron chi connectivity index (χ3n) is 2.55. The van der Waals surface area contributed by atoms with E-state index < -0.39 is 11.0 Å². The van der Waals surface area contributed by atoms with Crippen LogP contribution in [-0.2, 0) is 4.74 Å². The Bertz CT molecular complexity index is 425. The molecule has 1 unspecified atom stereocenters. The molecule has 0 aliphatic rings. The lowest BCUT2D eigenvalue weighted by Gasteiger charge is -2.11. The quantitative estimate of drug-likeness (QED) is 0.548. The van der Waals surface area contributed by atoms with E-state index in [-0.39, 0.29) is 12.3 Å². The van der Waals surface area contributed by atoms with Crippen LogP contribution in [0.3, 0.4) is 0 Å². The van der Waals surface area contributed by atoms with Crippen molar-refractivity contribution in [2.75, 3.05) is 32.7 Å². The van der Waals surface area contributed by atoms with Crippen LogP contribution >= 0.6 is 0 Å². The maximum atomic E-state index is 10.9. The Morgan fingerprint density at radius 2 is 2.21 bits per heavy atom. The van der Waals surface area contributed by atoms with Gasteiger partial charge in [0, 0.05) is 25.8 Å². The fourth-order valence-corrected chi connectivity index (χ4v) is 1.59. The SMILES string of the molecule is COCC(O)CCNc1cc(OC)ccc1[N+](=O)[O-]. The molecule has 0 fully saturated rings. The number of ether oxygens (including phenoxy) is 2. The highest BCUT2D eigenvalue weighted by Crippen LogP contribution is 2.28. The van der Waals surface area contributed by atoms with Crippen molar-refractivity contribution in [3.8, 4) is 5.75 Å². The van der Waals surface area contributed by atoms with Gasteiger partial charge in [0.2, 0.25) is 0 Å². The molecule has 0 amide bonds. The van der Waals surface area contributed by atoms with Crippen molar-refractivity contribution in [1.82, 2.24) is 0 Å². The molecule has 1 atom stereocenters. The fourth-order valence-electron chi connectivity index (χ4n) is 1.59. The van der Waals surface area contributed by atoms with Crippen molar-refractivity contribution in [2.45, 2.75) is 12.5 Å². The Kier molecular flexibility index (Phi) is 6.04. The molecule has 0 heterocycles. The van der Waals surface area contributed by atoms with Crippen LogP contribution in [0.25, 0.3) is 0 Å². The molecule has 0 aliphatic heterocycles. The molecule has 2 N–H and O–H groups in total. The Labute approximate surface area is 111 Å². The number of methoxy groups -OCH3 is 2. The van der Waals surface area contributed by atoms with E-state index >= 15 is 0 Å². The van der Waals surface area contributed by atoms with Gasteiger partial charge in [-0.1, -0.05) is 0 Å². The largest absolute Gasteiger partial charge is 0.497 e. The smallest absolute Gasteiger partial charge is 0.292 e. The van der Waals surface area contributed by atoms with Gasteiger partial charge in [0.25, 0.3) is 5.69 Å².